The van der Waals surface area contributed by atoms with Crippen molar-refractivity contribution < 1.29 is 128 Å². The summed E-state index contributed by atoms with van der Waals surface area (Å²) < 4.78 is 11.4. The van der Waals surface area contributed by atoms with Gasteiger partial charge in [0, 0.05) is 0 Å². The van der Waals surface area contributed by atoms with E-state index in [9.17, 15) is 15.1 Å². The van der Waals surface area contributed by atoms with Gasteiger partial charge < -0.3 is 39.7 Å². The van der Waals surface area contributed by atoms with Crippen molar-refractivity contribution in [3.8, 4) is 0 Å². The van der Waals surface area contributed by atoms with Crippen molar-refractivity contribution in [3.05, 3.63) is 0 Å². The van der Waals surface area contributed by atoms with Gasteiger partial charge in [0.05, 0.1) is 0 Å². The van der Waals surface area contributed by atoms with Gasteiger partial charge in [0.2, 0.25) is 0 Å². The van der Waals surface area contributed by atoms with Crippen LogP contribution < -0.4 is 104 Å². The van der Waals surface area contributed by atoms with Gasteiger partial charge >= 0.3 is 111 Å². The number of hydrogen-bond donors (Lipinski definition) is 0. The first-order valence-corrected chi connectivity index (χ1v) is 2.12. The molecule has 0 radical (unpaired) electrons. The summed E-state index contributed by atoms with van der Waals surface area (Å²) in [6, 6.07) is 0. The molecule has 0 bridgehead atoms. The van der Waals surface area contributed by atoms with Crippen LogP contribution in [0.1, 0.15) is 0 Å². The van der Waals surface area contributed by atoms with Crippen LogP contribution in [0.5, 0.6) is 0 Å². The molecule has 0 atom stereocenters. The SMILES string of the molecule is O.O.[Na+].[Na+].[Na+].[O-]B1OB([O-])OB([O-])O1. The fourth-order valence-corrected chi connectivity index (χ4v) is 0.368. The third-order valence-corrected chi connectivity index (χ3v) is 0.667. The van der Waals surface area contributed by atoms with E-state index in [2.05, 4.69) is 13.7 Å². The molecule has 1 aliphatic rings. The Morgan fingerprint density at radius 2 is 0.714 bits per heavy atom. The Labute approximate surface area is 148 Å². The quantitative estimate of drug-likeness (QED) is 0.377. The second kappa shape index (κ2) is 15.9. The summed E-state index contributed by atoms with van der Waals surface area (Å²) in [5.74, 6) is 0. The second-order valence-corrected chi connectivity index (χ2v) is 1.27. The summed E-state index contributed by atoms with van der Waals surface area (Å²) in [6.45, 7) is 0. The molecular weight excluding hydrogens is 229 g/mol. The number of hydrogen-bond acceptors (Lipinski definition) is 6. The van der Waals surface area contributed by atoms with Gasteiger partial charge in [-0.2, -0.15) is 0 Å². The Morgan fingerprint density at radius 3 is 0.857 bits per heavy atom. The summed E-state index contributed by atoms with van der Waals surface area (Å²) in [7, 11) is -6.03. The predicted octanol–water partition coefficient (Wildman–Crippen LogP) is -15.6. The summed E-state index contributed by atoms with van der Waals surface area (Å²) >= 11 is 0. The van der Waals surface area contributed by atoms with Crippen LogP contribution in [-0.4, -0.2) is 32.9 Å². The molecule has 1 fully saturated rings. The fraction of sp³-hybridized carbons (Fsp3) is 0. The van der Waals surface area contributed by atoms with Gasteiger partial charge in [0.25, 0.3) is 0 Å². The van der Waals surface area contributed by atoms with Gasteiger partial charge in [-0.1, -0.05) is 0 Å². The van der Waals surface area contributed by atoms with Gasteiger partial charge in [-0.05, 0) is 0 Å². The van der Waals surface area contributed by atoms with Gasteiger partial charge in [0.1, 0.15) is 0 Å². The first-order valence-electron chi connectivity index (χ1n) is 2.12. The van der Waals surface area contributed by atoms with E-state index in [0.29, 0.717) is 0 Å². The van der Waals surface area contributed by atoms with Crippen LogP contribution >= 0.6 is 0 Å². The molecule has 1 aliphatic heterocycles. The average Bonchev–Trinajstić information content (AvgIpc) is 1.59. The van der Waals surface area contributed by atoms with Gasteiger partial charge in [-0.3, -0.25) is 0 Å². The van der Waals surface area contributed by atoms with E-state index in [1.807, 2.05) is 0 Å². The van der Waals surface area contributed by atoms with Crippen molar-refractivity contribution in [2.24, 2.45) is 0 Å². The fourth-order valence-electron chi connectivity index (χ4n) is 0.368. The minimum absolute atomic E-state index is 0. The van der Waals surface area contributed by atoms with Gasteiger partial charge in [-0.25, -0.2) is 0 Å². The van der Waals surface area contributed by atoms with Crippen LogP contribution in [0.15, 0.2) is 0 Å². The van der Waals surface area contributed by atoms with Crippen molar-refractivity contribution in [3.63, 3.8) is 0 Å². The minimum atomic E-state index is -2.01. The van der Waals surface area contributed by atoms with Crippen LogP contribution in [0.3, 0.4) is 0 Å². The largest absolute Gasteiger partial charge is 1.00 e. The van der Waals surface area contributed by atoms with E-state index >= 15 is 0 Å². The summed E-state index contributed by atoms with van der Waals surface area (Å²) in [5.41, 5.74) is 0. The van der Waals surface area contributed by atoms with E-state index in [4.69, 9.17) is 0 Å². The van der Waals surface area contributed by atoms with E-state index < -0.39 is 22.0 Å². The molecule has 8 nitrogen and oxygen atoms in total. The molecule has 14 heteroatoms. The van der Waals surface area contributed by atoms with Crippen molar-refractivity contribution in [2.75, 3.05) is 0 Å². The maximum Gasteiger partial charge on any atom is 1.00 e. The van der Waals surface area contributed by atoms with Crippen molar-refractivity contribution in [1.29, 1.82) is 0 Å². The first-order chi connectivity index (χ1) is 4.18. The average molecular weight is 233 g/mol. The van der Waals surface area contributed by atoms with Crippen molar-refractivity contribution in [2.45, 2.75) is 0 Å². The van der Waals surface area contributed by atoms with Gasteiger partial charge in [-0.15, -0.1) is 0 Å². The van der Waals surface area contributed by atoms with Crippen LogP contribution in [0.4, 0.5) is 0 Å². The van der Waals surface area contributed by atoms with E-state index in [1.54, 1.807) is 0 Å². The maximum absolute atomic E-state index is 10.0. The summed E-state index contributed by atoms with van der Waals surface area (Å²) in [6.07, 6.45) is 0. The monoisotopic (exact) mass is 234 g/mol. The Morgan fingerprint density at radius 1 is 0.571 bits per heavy atom. The molecule has 0 aromatic heterocycles. The molecule has 1 heterocycles. The smallest absolute Gasteiger partial charge is 0.833 e. The zero-order valence-corrected chi connectivity index (χ0v) is 14.2. The molecule has 0 aromatic rings. The molecule has 1 rings (SSSR count). The third-order valence-electron chi connectivity index (χ3n) is 0.667. The minimum Gasteiger partial charge on any atom is -0.833 e. The zero-order chi connectivity index (χ0) is 6.85. The van der Waals surface area contributed by atoms with E-state index in [-0.39, 0.29) is 99.6 Å². The van der Waals surface area contributed by atoms with Crippen LogP contribution in [0.25, 0.3) is 0 Å². The normalized spacial score (nSPS) is 13.5. The summed E-state index contributed by atoms with van der Waals surface area (Å²) in [5, 5.41) is 30.1. The standard InChI is InChI=1S/B3O6.3Na.2H2O/c4-1-7-2(5)9-3(6)8-1;;;;;/h;;;;2*1H2/q-3;3*+1;;. The van der Waals surface area contributed by atoms with E-state index in [0.717, 1.165) is 0 Å². The topological polar surface area (TPSA) is 160 Å². The van der Waals surface area contributed by atoms with Crippen LogP contribution in [-0.2, 0) is 13.7 Å². The Hall–Kier alpha value is 2.87. The molecule has 0 spiro atoms. The predicted molar refractivity (Wildman–Crippen MR) is 27.7 cm³/mol. The summed E-state index contributed by atoms with van der Waals surface area (Å²) in [4.78, 5) is 0. The molecule has 4 N–H and O–H groups in total. The maximum atomic E-state index is 10.0. The second-order valence-electron chi connectivity index (χ2n) is 1.27. The molecule has 0 saturated carbocycles. The molecule has 64 valence electrons. The third kappa shape index (κ3) is 12.9. The Kier molecular flexibility index (Phi) is 34.2. The number of rotatable bonds is 0. The molecule has 0 aliphatic carbocycles. The molecule has 0 aromatic carbocycles. The Balaban J connectivity index is -0.0000000540. The molecule has 1 saturated heterocycles. The van der Waals surface area contributed by atoms with Crippen LogP contribution in [0, 0.1) is 0 Å². The van der Waals surface area contributed by atoms with Crippen molar-refractivity contribution >= 4 is 22.0 Å². The molecule has 14 heavy (non-hydrogen) atoms. The van der Waals surface area contributed by atoms with E-state index in [1.165, 1.54) is 0 Å². The first kappa shape index (κ1) is 30.2. The van der Waals surface area contributed by atoms with Gasteiger partial charge in [0.15, 0.2) is 0 Å². The van der Waals surface area contributed by atoms with Crippen molar-refractivity contribution in [1.82, 2.24) is 0 Å². The zero-order valence-electron chi connectivity index (χ0n) is 8.18. The molecular formula is H4B3Na3O8. The Bertz CT molecular complexity index is 80.8. The molecule has 0 unspecified atom stereocenters. The molecule has 0 amide bonds. The van der Waals surface area contributed by atoms with Crippen LogP contribution in [0.2, 0.25) is 0 Å².